The molecule has 5 nitrogen and oxygen atoms in total. The van der Waals surface area contributed by atoms with Crippen molar-refractivity contribution in [3.63, 3.8) is 0 Å². The fourth-order valence-corrected chi connectivity index (χ4v) is 3.17. The maximum Gasteiger partial charge on any atom is 0.214 e. The average molecular weight is 271 g/mol. The van der Waals surface area contributed by atoms with Crippen LogP contribution >= 0.6 is 0 Å². The molecule has 0 radical (unpaired) electrons. The van der Waals surface area contributed by atoms with E-state index in [2.05, 4.69) is 4.72 Å². The van der Waals surface area contributed by atoms with Crippen LogP contribution < -0.4 is 4.72 Å². The molecular formula is C12H17NO4S. The third kappa shape index (κ3) is 3.69. The normalized spacial score (nSPS) is 20.1. The minimum absolute atomic E-state index is 0.0133. The van der Waals surface area contributed by atoms with Gasteiger partial charge in [0.2, 0.25) is 10.0 Å². The Morgan fingerprint density at radius 3 is 2.83 bits per heavy atom. The zero-order chi connectivity index (χ0) is 13.0. The first-order chi connectivity index (χ1) is 8.57. The Kier molecular flexibility index (Phi) is 4.21. The first-order valence-corrected chi connectivity index (χ1v) is 7.58. The van der Waals surface area contributed by atoms with Gasteiger partial charge in [-0.05, 0) is 18.9 Å². The van der Waals surface area contributed by atoms with Crippen molar-refractivity contribution in [3.8, 4) is 5.75 Å². The van der Waals surface area contributed by atoms with Gasteiger partial charge in [0.25, 0.3) is 0 Å². The Morgan fingerprint density at radius 1 is 1.39 bits per heavy atom. The molecule has 2 N–H and O–H groups in total. The maximum atomic E-state index is 11.8. The molecule has 0 amide bonds. The van der Waals surface area contributed by atoms with E-state index in [1.807, 2.05) is 0 Å². The predicted molar refractivity (Wildman–Crippen MR) is 67.7 cm³/mol. The fraction of sp³-hybridized carbons (Fsp3) is 0.500. The topological polar surface area (TPSA) is 75.6 Å². The van der Waals surface area contributed by atoms with Crippen molar-refractivity contribution in [1.29, 1.82) is 0 Å². The monoisotopic (exact) mass is 271 g/mol. The van der Waals surface area contributed by atoms with Gasteiger partial charge in [-0.2, -0.15) is 0 Å². The van der Waals surface area contributed by atoms with Gasteiger partial charge in [-0.15, -0.1) is 0 Å². The zero-order valence-electron chi connectivity index (χ0n) is 10.0. The average Bonchev–Trinajstić information content (AvgIpc) is 2.80. The fourth-order valence-electron chi connectivity index (χ4n) is 1.93. The van der Waals surface area contributed by atoms with Crippen molar-refractivity contribution >= 4 is 10.0 Å². The van der Waals surface area contributed by atoms with Crippen LogP contribution in [0.4, 0.5) is 0 Å². The summed E-state index contributed by atoms with van der Waals surface area (Å²) in [6, 6.07) is 6.66. The summed E-state index contributed by atoms with van der Waals surface area (Å²) in [5, 5.41) is 9.53. The molecule has 1 atom stereocenters. The van der Waals surface area contributed by atoms with E-state index in [1.165, 1.54) is 6.07 Å². The van der Waals surface area contributed by atoms with Crippen LogP contribution in [0.15, 0.2) is 24.3 Å². The van der Waals surface area contributed by atoms with Crippen molar-refractivity contribution in [1.82, 2.24) is 4.72 Å². The van der Waals surface area contributed by atoms with Crippen LogP contribution in [0, 0.1) is 0 Å². The van der Waals surface area contributed by atoms with Gasteiger partial charge in [0.1, 0.15) is 5.75 Å². The van der Waals surface area contributed by atoms with E-state index in [0.29, 0.717) is 12.2 Å². The van der Waals surface area contributed by atoms with E-state index in [9.17, 15) is 13.5 Å². The van der Waals surface area contributed by atoms with Crippen LogP contribution in [-0.4, -0.2) is 32.0 Å². The molecular weight excluding hydrogens is 254 g/mol. The summed E-state index contributed by atoms with van der Waals surface area (Å²) in [4.78, 5) is 0. The summed E-state index contributed by atoms with van der Waals surface area (Å²) in [5.41, 5.74) is 0.563. The molecule has 0 aliphatic carbocycles. The Bertz CT molecular complexity index is 495. The van der Waals surface area contributed by atoms with E-state index in [1.54, 1.807) is 18.2 Å². The Hall–Kier alpha value is -1.11. The molecule has 0 aromatic heterocycles. The van der Waals surface area contributed by atoms with Crippen LogP contribution in [0.1, 0.15) is 18.4 Å². The highest BCUT2D eigenvalue weighted by atomic mass is 32.2. The highest BCUT2D eigenvalue weighted by Gasteiger charge is 2.23. The Morgan fingerprint density at radius 2 is 2.17 bits per heavy atom. The van der Waals surface area contributed by atoms with Gasteiger partial charge in [0.05, 0.1) is 11.9 Å². The summed E-state index contributed by atoms with van der Waals surface area (Å²) in [7, 11) is -3.37. The quantitative estimate of drug-likeness (QED) is 0.837. The SMILES string of the molecule is O=S(=O)(CC1CCCO1)NCc1ccccc1O. The van der Waals surface area contributed by atoms with Gasteiger partial charge in [-0.1, -0.05) is 18.2 Å². The van der Waals surface area contributed by atoms with Crippen molar-refractivity contribution < 1.29 is 18.3 Å². The molecule has 1 aromatic rings. The number of rotatable bonds is 5. The molecule has 100 valence electrons. The largest absolute Gasteiger partial charge is 0.508 e. The van der Waals surface area contributed by atoms with Crippen molar-refractivity contribution in [2.24, 2.45) is 0 Å². The van der Waals surface area contributed by atoms with Gasteiger partial charge < -0.3 is 9.84 Å². The van der Waals surface area contributed by atoms with Crippen molar-refractivity contribution in [2.45, 2.75) is 25.5 Å². The molecule has 18 heavy (non-hydrogen) atoms. The molecule has 1 aromatic carbocycles. The molecule has 1 aliphatic heterocycles. The minimum atomic E-state index is -3.37. The first-order valence-electron chi connectivity index (χ1n) is 5.93. The van der Waals surface area contributed by atoms with Gasteiger partial charge >= 0.3 is 0 Å². The molecule has 1 fully saturated rings. The highest BCUT2D eigenvalue weighted by molar-refractivity contribution is 7.89. The minimum Gasteiger partial charge on any atom is -0.508 e. The van der Waals surface area contributed by atoms with Crippen LogP contribution in [0.25, 0.3) is 0 Å². The van der Waals surface area contributed by atoms with E-state index in [-0.39, 0.29) is 24.2 Å². The number of nitrogens with one attached hydrogen (secondary N) is 1. The summed E-state index contributed by atoms with van der Waals surface area (Å²) in [6.45, 7) is 0.737. The molecule has 1 aliphatic rings. The standard InChI is InChI=1S/C12H17NO4S/c14-12-6-2-1-4-10(12)8-13-18(15,16)9-11-5-3-7-17-11/h1-2,4,6,11,13-14H,3,5,7-9H2. The first kappa shape index (κ1) is 13.3. The highest BCUT2D eigenvalue weighted by Crippen LogP contribution is 2.16. The molecule has 0 saturated carbocycles. The second-order valence-corrected chi connectivity index (χ2v) is 6.22. The van der Waals surface area contributed by atoms with Gasteiger partial charge in [-0.25, -0.2) is 13.1 Å². The van der Waals surface area contributed by atoms with Crippen molar-refractivity contribution in [3.05, 3.63) is 29.8 Å². The van der Waals surface area contributed by atoms with E-state index in [4.69, 9.17) is 4.74 Å². The van der Waals surface area contributed by atoms with Crippen LogP contribution in [-0.2, 0) is 21.3 Å². The lowest BCUT2D eigenvalue weighted by Gasteiger charge is -2.11. The number of benzene rings is 1. The van der Waals surface area contributed by atoms with Crippen molar-refractivity contribution in [2.75, 3.05) is 12.4 Å². The lowest BCUT2D eigenvalue weighted by molar-refractivity contribution is 0.127. The number of sulfonamides is 1. The third-order valence-electron chi connectivity index (χ3n) is 2.90. The molecule has 1 unspecified atom stereocenters. The molecule has 2 rings (SSSR count). The summed E-state index contributed by atoms with van der Waals surface area (Å²) >= 11 is 0. The molecule has 6 heteroatoms. The van der Waals surface area contributed by atoms with Crippen LogP contribution in [0.2, 0.25) is 0 Å². The Labute approximate surface area is 107 Å². The van der Waals surface area contributed by atoms with Crippen LogP contribution in [0.3, 0.4) is 0 Å². The van der Waals surface area contributed by atoms with E-state index < -0.39 is 10.0 Å². The number of hydrogen-bond acceptors (Lipinski definition) is 4. The lowest BCUT2D eigenvalue weighted by atomic mass is 10.2. The third-order valence-corrected chi connectivity index (χ3v) is 4.30. The summed E-state index contributed by atoms with van der Waals surface area (Å²) in [5.74, 6) is 0.0814. The molecule has 1 saturated heterocycles. The van der Waals surface area contributed by atoms with Crippen LogP contribution in [0.5, 0.6) is 5.75 Å². The Balaban J connectivity index is 1.90. The number of phenolic OH excluding ortho intramolecular Hbond substituents is 1. The van der Waals surface area contributed by atoms with Gasteiger partial charge in [0, 0.05) is 18.7 Å². The number of phenols is 1. The van der Waals surface area contributed by atoms with E-state index >= 15 is 0 Å². The predicted octanol–water partition coefficient (Wildman–Crippen LogP) is 0.991. The molecule has 1 heterocycles. The summed E-state index contributed by atoms with van der Waals surface area (Å²) in [6.07, 6.45) is 1.50. The number of aromatic hydroxyl groups is 1. The second kappa shape index (κ2) is 5.69. The van der Waals surface area contributed by atoms with Gasteiger partial charge in [0.15, 0.2) is 0 Å². The number of hydrogen-bond donors (Lipinski definition) is 2. The molecule has 0 bridgehead atoms. The number of para-hydroxylation sites is 1. The maximum absolute atomic E-state index is 11.8. The smallest absolute Gasteiger partial charge is 0.214 e. The second-order valence-electron chi connectivity index (χ2n) is 4.37. The van der Waals surface area contributed by atoms with Gasteiger partial charge in [-0.3, -0.25) is 0 Å². The lowest BCUT2D eigenvalue weighted by Crippen LogP contribution is -2.31. The summed E-state index contributed by atoms with van der Waals surface area (Å²) < 4.78 is 31.4. The zero-order valence-corrected chi connectivity index (χ0v) is 10.8. The number of ether oxygens (including phenoxy) is 1. The molecule has 0 spiro atoms. The van der Waals surface area contributed by atoms with E-state index in [0.717, 1.165) is 12.8 Å².